The quantitative estimate of drug-likeness (QED) is 0.680. The number of benzene rings is 1. The molecule has 18 heavy (non-hydrogen) atoms. The molecule has 2 heterocycles. The average Bonchev–Trinajstić information content (AvgIpc) is 2.90. The van der Waals surface area contributed by atoms with E-state index in [1.807, 2.05) is 30.3 Å². The van der Waals surface area contributed by atoms with E-state index in [-0.39, 0.29) is 0 Å². The molecule has 3 rings (SSSR count). The van der Waals surface area contributed by atoms with Gasteiger partial charge in [-0.05, 0) is 19.1 Å². The third-order valence-corrected chi connectivity index (χ3v) is 2.80. The minimum absolute atomic E-state index is 0.772. The highest BCUT2D eigenvalue weighted by molar-refractivity contribution is 5.66. The standard InChI is InChI=1S/C15H12N2O/c1-11-4-6-12(7-5-11)15-9-14(17-18-15)13-3-2-8-16-10-13/h2-10H,1H3. The summed E-state index contributed by atoms with van der Waals surface area (Å²) >= 11 is 0. The number of hydrogen-bond donors (Lipinski definition) is 0. The van der Waals surface area contributed by atoms with Gasteiger partial charge in [0.2, 0.25) is 0 Å². The lowest BCUT2D eigenvalue weighted by Crippen LogP contribution is -1.77. The third-order valence-electron chi connectivity index (χ3n) is 2.80. The first-order valence-corrected chi connectivity index (χ1v) is 5.77. The molecule has 88 valence electrons. The van der Waals surface area contributed by atoms with Crippen molar-refractivity contribution in [2.24, 2.45) is 0 Å². The maximum absolute atomic E-state index is 5.37. The first-order chi connectivity index (χ1) is 8.83. The van der Waals surface area contributed by atoms with Crippen LogP contribution in [-0.2, 0) is 0 Å². The topological polar surface area (TPSA) is 38.9 Å². The van der Waals surface area contributed by atoms with Crippen LogP contribution >= 0.6 is 0 Å². The zero-order valence-electron chi connectivity index (χ0n) is 10.00. The summed E-state index contributed by atoms with van der Waals surface area (Å²) in [6.45, 7) is 2.06. The fourth-order valence-electron chi connectivity index (χ4n) is 1.78. The largest absolute Gasteiger partial charge is 0.356 e. The molecule has 2 aromatic heterocycles. The van der Waals surface area contributed by atoms with Crippen LogP contribution in [-0.4, -0.2) is 10.1 Å². The van der Waals surface area contributed by atoms with Gasteiger partial charge >= 0.3 is 0 Å². The number of pyridine rings is 1. The third kappa shape index (κ3) is 2.02. The van der Waals surface area contributed by atoms with E-state index >= 15 is 0 Å². The van der Waals surface area contributed by atoms with Crippen molar-refractivity contribution in [1.29, 1.82) is 0 Å². The van der Waals surface area contributed by atoms with E-state index in [2.05, 4.69) is 29.2 Å². The molecule has 0 N–H and O–H groups in total. The maximum Gasteiger partial charge on any atom is 0.167 e. The molecule has 0 fully saturated rings. The van der Waals surface area contributed by atoms with Crippen LogP contribution in [0.4, 0.5) is 0 Å². The van der Waals surface area contributed by atoms with Gasteiger partial charge in [-0.1, -0.05) is 35.0 Å². The Bertz CT molecular complexity index is 642. The summed E-state index contributed by atoms with van der Waals surface area (Å²) in [4.78, 5) is 4.07. The van der Waals surface area contributed by atoms with Gasteiger partial charge in [0, 0.05) is 29.6 Å². The molecule has 0 aliphatic heterocycles. The molecule has 3 aromatic rings. The zero-order valence-corrected chi connectivity index (χ0v) is 10.00. The fourth-order valence-corrected chi connectivity index (χ4v) is 1.78. The highest BCUT2D eigenvalue weighted by atomic mass is 16.5. The van der Waals surface area contributed by atoms with Crippen LogP contribution in [0.5, 0.6) is 0 Å². The average molecular weight is 236 g/mol. The Kier molecular flexibility index (Phi) is 2.65. The monoisotopic (exact) mass is 236 g/mol. The summed E-state index contributed by atoms with van der Waals surface area (Å²) in [5, 5.41) is 4.07. The van der Waals surface area contributed by atoms with Crippen LogP contribution < -0.4 is 0 Å². The number of hydrogen-bond acceptors (Lipinski definition) is 3. The first kappa shape index (κ1) is 10.7. The first-order valence-electron chi connectivity index (χ1n) is 5.77. The molecule has 0 spiro atoms. The molecule has 0 atom stereocenters. The van der Waals surface area contributed by atoms with E-state index in [1.54, 1.807) is 12.4 Å². The van der Waals surface area contributed by atoms with E-state index in [9.17, 15) is 0 Å². The van der Waals surface area contributed by atoms with Gasteiger partial charge in [-0.25, -0.2) is 0 Å². The molecule has 0 aliphatic carbocycles. The van der Waals surface area contributed by atoms with Crippen LogP contribution in [0.2, 0.25) is 0 Å². The molecule has 1 aromatic carbocycles. The Morgan fingerprint density at radius 1 is 1.00 bits per heavy atom. The Morgan fingerprint density at radius 3 is 2.56 bits per heavy atom. The Labute approximate surface area is 105 Å². The summed E-state index contributed by atoms with van der Waals surface area (Å²) in [5.41, 5.74) is 4.02. The van der Waals surface area contributed by atoms with Crippen LogP contribution in [0.15, 0.2) is 59.4 Å². The highest BCUT2D eigenvalue weighted by Gasteiger charge is 2.08. The molecule has 0 aliphatic rings. The number of aryl methyl sites for hydroxylation is 1. The normalized spacial score (nSPS) is 10.5. The van der Waals surface area contributed by atoms with Gasteiger partial charge in [0.1, 0.15) is 5.69 Å². The van der Waals surface area contributed by atoms with Crippen LogP contribution in [0.25, 0.3) is 22.6 Å². The second-order valence-electron chi connectivity index (χ2n) is 4.18. The van der Waals surface area contributed by atoms with Gasteiger partial charge in [-0.15, -0.1) is 0 Å². The Hall–Kier alpha value is -2.42. The van der Waals surface area contributed by atoms with Crippen LogP contribution in [0.1, 0.15) is 5.56 Å². The van der Waals surface area contributed by atoms with Crippen LogP contribution in [0, 0.1) is 6.92 Å². The second-order valence-corrected chi connectivity index (χ2v) is 4.18. The Balaban J connectivity index is 1.97. The smallest absolute Gasteiger partial charge is 0.167 e. The van der Waals surface area contributed by atoms with E-state index in [1.165, 1.54) is 5.56 Å². The molecule has 0 saturated heterocycles. The molecule has 0 bridgehead atoms. The molecule has 0 unspecified atom stereocenters. The lowest BCUT2D eigenvalue weighted by Gasteiger charge is -1.95. The van der Waals surface area contributed by atoms with Crippen molar-refractivity contribution in [2.45, 2.75) is 6.92 Å². The lowest BCUT2D eigenvalue weighted by molar-refractivity contribution is 0.435. The van der Waals surface area contributed by atoms with Crippen molar-refractivity contribution in [2.75, 3.05) is 0 Å². The summed E-state index contributed by atoms with van der Waals surface area (Å²) < 4.78 is 5.37. The fraction of sp³-hybridized carbons (Fsp3) is 0.0667. The van der Waals surface area contributed by atoms with Gasteiger partial charge in [0.05, 0.1) is 0 Å². The summed E-state index contributed by atoms with van der Waals surface area (Å²) in [5.74, 6) is 0.772. The molecular weight excluding hydrogens is 224 g/mol. The summed E-state index contributed by atoms with van der Waals surface area (Å²) in [6, 6.07) is 14.0. The predicted molar refractivity (Wildman–Crippen MR) is 69.9 cm³/mol. The molecule has 3 nitrogen and oxygen atoms in total. The zero-order chi connectivity index (χ0) is 12.4. The van der Waals surface area contributed by atoms with E-state index in [0.717, 1.165) is 22.6 Å². The Morgan fingerprint density at radius 2 is 1.83 bits per heavy atom. The summed E-state index contributed by atoms with van der Waals surface area (Å²) in [7, 11) is 0. The minimum atomic E-state index is 0.772. The SMILES string of the molecule is Cc1ccc(-c2cc(-c3cccnc3)no2)cc1. The van der Waals surface area contributed by atoms with Crippen molar-refractivity contribution in [1.82, 2.24) is 10.1 Å². The lowest BCUT2D eigenvalue weighted by atomic mass is 10.1. The van der Waals surface area contributed by atoms with Gasteiger partial charge in [0.15, 0.2) is 5.76 Å². The van der Waals surface area contributed by atoms with Crippen molar-refractivity contribution in [3.63, 3.8) is 0 Å². The second kappa shape index (κ2) is 4.45. The van der Waals surface area contributed by atoms with Crippen molar-refractivity contribution >= 4 is 0 Å². The summed E-state index contributed by atoms with van der Waals surface area (Å²) in [6.07, 6.45) is 3.52. The van der Waals surface area contributed by atoms with E-state index in [4.69, 9.17) is 4.52 Å². The van der Waals surface area contributed by atoms with Gasteiger partial charge in [0.25, 0.3) is 0 Å². The van der Waals surface area contributed by atoms with Gasteiger partial charge in [-0.2, -0.15) is 0 Å². The molecule has 0 radical (unpaired) electrons. The van der Waals surface area contributed by atoms with Crippen molar-refractivity contribution in [3.05, 3.63) is 60.4 Å². The van der Waals surface area contributed by atoms with Crippen molar-refractivity contribution < 1.29 is 4.52 Å². The number of rotatable bonds is 2. The number of aromatic nitrogens is 2. The molecule has 0 saturated carbocycles. The number of nitrogens with zero attached hydrogens (tertiary/aromatic N) is 2. The molecule has 0 amide bonds. The van der Waals surface area contributed by atoms with Gasteiger partial charge < -0.3 is 4.52 Å². The molecule has 3 heteroatoms. The van der Waals surface area contributed by atoms with Gasteiger partial charge in [-0.3, -0.25) is 4.98 Å². The van der Waals surface area contributed by atoms with Crippen LogP contribution in [0.3, 0.4) is 0 Å². The minimum Gasteiger partial charge on any atom is -0.356 e. The van der Waals surface area contributed by atoms with Crippen molar-refractivity contribution in [3.8, 4) is 22.6 Å². The predicted octanol–water partition coefficient (Wildman–Crippen LogP) is 3.71. The highest BCUT2D eigenvalue weighted by Crippen LogP contribution is 2.25. The van der Waals surface area contributed by atoms with E-state index < -0.39 is 0 Å². The van der Waals surface area contributed by atoms with E-state index in [0.29, 0.717) is 0 Å². The molecular formula is C15H12N2O. The maximum atomic E-state index is 5.37.